The molecule has 1 amide bonds. The van der Waals surface area contributed by atoms with Gasteiger partial charge >= 0.3 is 5.97 Å². The molecule has 3 heterocycles. The third-order valence-corrected chi connectivity index (χ3v) is 5.58. The summed E-state index contributed by atoms with van der Waals surface area (Å²) in [5, 5.41) is 12.0. The van der Waals surface area contributed by atoms with E-state index in [4.69, 9.17) is 21.1 Å². The van der Waals surface area contributed by atoms with Crippen molar-refractivity contribution in [1.29, 1.82) is 0 Å². The summed E-state index contributed by atoms with van der Waals surface area (Å²) in [6.45, 7) is 2.12. The smallest absolute Gasteiger partial charge is 0.343 e. The molecule has 0 spiro atoms. The molecule has 0 aliphatic carbocycles. The fraction of sp³-hybridized carbons (Fsp3) is 0.115. The molecule has 10 nitrogen and oxygen atoms in total. The molecular formula is C26H21ClN6O4. The highest BCUT2D eigenvalue weighted by atomic mass is 35.5. The quantitative estimate of drug-likeness (QED) is 0.297. The van der Waals surface area contributed by atoms with Gasteiger partial charge in [-0.3, -0.25) is 4.79 Å². The summed E-state index contributed by atoms with van der Waals surface area (Å²) in [7, 11) is 0. The number of fused-ring (bicyclic) bond motifs is 1. The van der Waals surface area contributed by atoms with Crippen molar-refractivity contribution in [2.45, 2.75) is 13.7 Å². The summed E-state index contributed by atoms with van der Waals surface area (Å²) in [4.78, 5) is 29.3. The number of hydrogen-bond donors (Lipinski definition) is 1. The molecule has 0 aliphatic rings. The van der Waals surface area contributed by atoms with Crippen LogP contribution in [-0.2, 0) is 11.5 Å². The summed E-state index contributed by atoms with van der Waals surface area (Å²) in [5.74, 6) is -0.259. The van der Waals surface area contributed by atoms with Gasteiger partial charge in [0.25, 0.3) is 5.91 Å². The van der Waals surface area contributed by atoms with Crippen LogP contribution in [0, 0.1) is 0 Å². The van der Waals surface area contributed by atoms with E-state index in [-0.39, 0.29) is 30.5 Å². The predicted octanol–water partition coefficient (Wildman–Crippen LogP) is 4.71. The second-order valence-corrected chi connectivity index (χ2v) is 8.29. The van der Waals surface area contributed by atoms with E-state index in [9.17, 15) is 9.59 Å². The first-order valence-electron chi connectivity index (χ1n) is 11.4. The fourth-order valence-electron chi connectivity index (χ4n) is 3.67. The molecule has 2 aromatic carbocycles. The number of ether oxygens (including phenoxy) is 2. The van der Waals surface area contributed by atoms with Gasteiger partial charge in [-0.05, 0) is 49.4 Å². The number of hydrogen-bond acceptors (Lipinski definition) is 7. The molecule has 0 unspecified atom stereocenters. The van der Waals surface area contributed by atoms with Crippen LogP contribution in [0.3, 0.4) is 0 Å². The number of aromatic nitrogens is 5. The second kappa shape index (κ2) is 10.5. The summed E-state index contributed by atoms with van der Waals surface area (Å²) in [5.41, 5.74) is 2.93. The maximum absolute atomic E-state index is 12.8. The molecule has 0 atom stereocenters. The number of benzene rings is 2. The van der Waals surface area contributed by atoms with Crippen LogP contribution in [0.15, 0.2) is 79.3 Å². The Balaban J connectivity index is 1.31. The van der Waals surface area contributed by atoms with E-state index in [1.165, 1.54) is 10.9 Å². The number of esters is 1. The lowest BCUT2D eigenvalue weighted by Crippen LogP contribution is -2.14. The highest BCUT2D eigenvalue weighted by Crippen LogP contribution is 2.24. The van der Waals surface area contributed by atoms with Gasteiger partial charge in [-0.15, -0.1) is 0 Å². The molecule has 0 saturated carbocycles. The zero-order chi connectivity index (χ0) is 25.8. The minimum atomic E-state index is -0.486. The first kappa shape index (κ1) is 24.0. The van der Waals surface area contributed by atoms with Gasteiger partial charge in [0.2, 0.25) is 0 Å². The second-order valence-electron chi connectivity index (χ2n) is 7.85. The number of nitrogens with one attached hydrogen (secondary N) is 1. The van der Waals surface area contributed by atoms with Gasteiger partial charge in [0.05, 0.1) is 18.5 Å². The summed E-state index contributed by atoms with van der Waals surface area (Å²) in [6.07, 6.45) is 4.68. The molecule has 5 rings (SSSR count). The standard InChI is InChI=1S/C26H21ClN6O4/c1-2-36-26(35)21-15-29-33-23(9-11-28-24(21)33)17-5-3-7-19(13-17)30-25(34)22-10-12-32(31-22)16-37-20-8-4-6-18(27)14-20/h3-15H,2,16H2,1H3,(H,30,34). The van der Waals surface area contributed by atoms with Crippen molar-refractivity contribution in [3.8, 4) is 17.0 Å². The van der Waals surface area contributed by atoms with Crippen LogP contribution in [-0.4, -0.2) is 42.9 Å². The third kappa shape index (κ3) is 5.29. The molecule has 3 aromatic heterocycles. The average molecular weight is 517 g/mol. The summed E-state index contributed by atoms with van der Waals surface area (Å²) in [6, 6.07) is 17.7. The number of anilines is 1. The van der Waals surface area contributed by atoms with E-state index in [0.29, 0.717) is 27.8 Å². The average Bonchev–Trinajstić information content (AvgIpc) is 3.55. The lowest BCUT2D eigenvalue weighted by atomic mass is 10.1. The van der Waals surface area contributed by atoms with Crippen LogP contribution >= 0.6 is 11.6 Å². The molecule has 0 fully saturated rings. The van der Waals surface area contributed by atoms with Crippen LogP contribution in [0.2, 0.25) is 5.02 Å². The Kier molecular flexibility index (Phi) is 6.82. The van der Waals surface area contributed by atoms with Gasteiger partial charge in [0.15, 0.2) is 18.1 Å². The third-order valence-electron chi connectivity index (χ3n) is 5.35. The molecule has 186 valence electrons. The molecule has 0 aliphatic heterocycles. The zero-order valence-corrected chi connectivity index (χ0v) is 20.4. The van der Waals surface area contributed by atoms with Crippen molar-refractivity contribution in [2.75, 3.05) is 11.9 Å². The van der Waals surface area contributed by atoms with Gasteiger partial charge in [0.1, 0.15) is 11.3 Å². The number of halogens is 1. The Morgan fingerprint density at radius 3 is 2.78 bits per heavy atom. The van der Waals surface area contributed by atoms with Crippen molar-refractivity contribution in [3.05, 3.63) is 95.5 Å². The molecule has 37 heavy (non-hydrogen) atoms. The van der Waals surface area contributed by atoms with Crippen molar-refractivity contribution >= 4 is 34.8 Å². The van der Waals surface area contributed by atoms with Gasteiger partial charge < -0.3 is 14.8 Å². The molecule has 0 saturated heterocycles. The largest absolute Gasteiger partial charge is 0.471 e. The van der Waals surface area contributed by atoms with Crippen molar-refractivity contribution in [1.82, 2.24) is 24.4 Å². The van der Waals surface area contributed by atoms with Crippen LogP contribution in [0.5, 0.6) is 5.75 Å². The van der Waals surface area contributed by atoms with E-state index in [1.54, 1.807) is 72.4 Å². The minimum Gasteiger partial charge on any atom is -0.471 e. The minimum absolute atomic E-state index is 0.124. The highest BCUT2D eigenvalue weighted by Gasteiger charge is 2.17. The number of rotatable bonds is 8. The first-order valence-corrected chi connectivity index (χ1v) is 11.7. The van der Waals surface area contributed by atoms with Crippen LogP contribution in [0.25, 0.3) is 16.9 Å². The zero-order valence-electron chi connectivity index (χ0n) is 19.7. The predicted molar refractivity (Wildman–Crippen MR) is 137 cm³/mol. The van der Waals surface area contributed by atoms with Crippen LogP contribution in [0.1, 0.15) is 27.8 Å². The summed E-state index contributed by atoms with van der Waals surface area (Å²) < 4.78 is 13.8. The fourth-order valence-corrected chi connectivity index (χ4v) is 3.85. The number of carbonyl (C=O) groups is 2. The Morgan fingerprint density at radius 2 is 1.95 bits per heavy atom. The molecular weight excluding hydrogens is 496 g/mol. The van der Waals surface area contributed by atoms with Crippen molar-refractivity contribution in [2.24, 2.45) is 0 Å². The van der Waals surface area contributed by atoms with E-state index < -0.39 is 5.97 Å². The number of amides is 1. The Bertz CT molecular complexity index is 1600. The van der Waals surface area contributed by atoms with Crippen molar-refractivity contribution < 1.29 is 19.1 Å². The maximum Gasteiger partial charge on any atom is 0.343 e. The molecule has 1 N–H and O–H groups in total. The lowest BCUT2D eigenvalue weighted by Gasteiger charge is -2.09. The molecule has 0 radical (unpaired) electrons. The monoisotopic (exact) mass is 516 g/mol. The number of nitrogens with zero attached hydrogens (tertiary/aromatic N) is 5. The normalized spacial score (nSPS) is 10.9. The first-order chi connectivity index (χ1) is 18.0. The maximum atomic E-state index is 12.8. The lowest BCUT2D eigenvalue weighted by molar-refractivity contribution is 0.0528. The highest BCUT2D eigenvalue weighted by molar-refractivity contribution is 6.30. The van der Waals surface area contributed by atoms with E-state index >= 15 is 0 Å². The Morgan fingerprint density at radius 1 is 1.08 bits per heavy atom. The molecule has 5 aromatic rings. The SMILES string of the molecule is CCOC(=O)c1cnn2c(-c3cccc(NC(=O)c4ccn(COc5cccc(Cl)c5)n4)c3)ccnc12. The Hall–Kier alpha value is -4.70. The summed E-state index contributed by atoms with van der Waals surface area (Å²) >= 11 is 5.97. The van der Waals surface area contributed by atoms with E-state index in [0.717, 1.165) is 5.56 Å². The number of carbonyl (C=O) groups excluding carboxylic acids is 2. The van der Waals surface area contributed by atoms with Gasteiger partial charge in [-0.1, -0.05) is 29.8 Å². The molecule has 0 bridgehead atoms. The molecule has 11 heteroatoms. The van der Waals surface area contributed by atoms with Gasteiger partial charge in [-0.25, -0.2) is 19.0 Å². The van der Waals surface area contributed by atoms with Crippen LogP contribution in [0.4, 0.5) is 5.69 Å². The van der Waals surface area contributed by atoms with Crippen molar-refractivity contribution in [3.63, 3.8) is 0 Å². The van der Waals surface area contributed by atoms with Gasteiger partial charge in [-0.2, -0.15) is 10.2 Å². The topological polar surface area (TPSA) is 113 Å². The Labute approximate surface area is 216 Å². The van der Waals surface area contributed by atoms with Gasteiger partial charge in [0, 0.05) is 28.7 Å². The van der Waals surface area contributed by atoms with E-state index in [1.807, 2.05) is 12.1 Å². The van der Waals surface area contributed by atoms with Crippen LogP contribution < -0.4 is 10.1 Å². The van der Waals surface area contributed by atoms with E-state index in [2.05, 4.69) is 20.5 Å².